The van der Waals surface area contributed by atoms with Crippen LogP contribution in [0.4, 0.5) is 0 Å². The molecule has 0 spiro atoms. The number of rotatable bonds is 8. The first-order valence-corrected chi connectivity index (χ1v) is 10.1. The van der Waals surface area contributed by atoms with Gasteiger partial charge in [-0.25, -0.2) is 0 Å². The van der Waals surface area contributed by atoms with Gasteiger partial charge in [0.1, 0.15) is 0 Å². The van der Waals surface area contributed by atoms with Crippen LogP contribution in [0.25, 0.3) is 0 Å². The average molecular weight is 373 g/mol. The van der Waals surface area contributed by atoms with Crippen LogP contribution in [0, 0.1) is 5.92 Å². The number of amides is 1. The van der Waals surface area contributed by atoms with Crippen LogP contribution in [0.2, 0.25) is 0 Å². The van der Waals surface area contributed by atoms with Crippen LogP contribution in [0.15, 0.2) is 23.0 Å². The number of carbonyl (C=O) groups is 1. The average Bonchev–Trinajstić information content (AvgIpc) is 3.28. The number of nitrogens with one attached hydrogen (secondary N) is 1. The molecular formula is C21H32N4O2. The Morgan fingerprint density at radius 1 is 1.48 bits per heavy atom. The molecule has 0 aliphatic heterocycles. The number of hydrogen-bond acceptors (Lipinski definition) is 4. The Labute approximate surface area is 161 Å². The molecule has 0 fully saturated rings. The monoisotopic (exact) mass is 372 g/mol. The summed E-state index contributed by atoms with van der Waals surface area (Å²) in [7, 11) is 1.83. The first-order chi connectivity index (χ1) is 13.0. The van der Waals surface area contributed by atoms with E-state index in [1.807, 2.05) is 17.8 Å². The molecule has 27 heavy (non-hydrogen) atoms. The maximum atomic E-state index is 13.1. The summed E-state index contributed by atoms with van der Waals surface area (Å²) in [6.07, 6.45) is 7.46. The van der Waals surface area contributed by atoms with Crippen molar-refractivity contribution >= 4 is 5.91 Å². The Balaban J connectivity index is 1.74. The second-order valence-corrected chi connectivity index (χ2v) is 7.96. The van der Waals surface area contributed by atoms with Crippen molar-refractivity contribution in [2.24, 2.45) is 5.92 Å². The molecule has 6 heteroatoms. The van der Waals surface area contributed by atoms with Crippen molar-refractivity contribution in [3.8, 4) is 0 Å². The summed E-state index contributed by atoms with van der Waals surface area (Å²) in [6.45, 7) is 8.94. The topological polar surface area (TPSA) is 63.3 Å². The van der Waals surface area contributed by atoms with Gasteiger partial charge in [-0.1, -0.05) is 13.8 Å². The van der Waals surface area contributed by atoms with E-state index in [4.69, 9.17) is 4.42 Å². The molecule has 2 aromatic heterocycles. The molecule has 1 unspecified atom stereocenters. The normalized spacial score (nSPS) is 16.6. The van der Waals surface area contributed by atoms with Crippen molar-refractivity contribution in [2.75, 3.05) is 13.6 Å². The van der Waals surface area contributed by atoms with Crippen molar-refractivity contribution in [1.29, 1.82) is 0 Å². The van der Waals surface area contributed by atoms with Gasteiger partial charge in [-0.05, 0) is 51.1 Å². The highest BCUT2D eigenvalue weighted by Gasteiger charge is 2.30. The molecule has 0 aromatic carbocycles. The third kappa shape index (κ3) is 4.61. The summed E-state index contributed by atoms with van der Waals surface area (Å²) in [5, 5.41) is 8.36. The van der Waals surface area contributed by atoms with Gasteiger partial charge in [-0.15, -0.1) is 0 Å². The van der Waals surface area contributed by atoms with E-state index in [2.05, 4.69) is 31.2 Å². The minimum absolute atomic E-state index is 0.0116. The van der Waals surface area contributed by atoms with Crippen molar-refractivity contribution < 1.29 is 9.21 Å². The zero-order valence-corrected chi connectivity index (χ0v) is 17.0. The smallest absolute Gasteiger partial charge is 0.274 e. The fourth-order valence-electron chi connectivity index (χ4n) is 3.78. The largest absolute Gasteiger partial charge is 0.472 e. The molecule has 1 aliphatic carbocycles. The predicted molar refractivity (Wildman–Crippen MR) is 106 cm³/mol. The van der Waals surface area contributed by atoms with Gasteiger partial charge in [-0.3, -0.25) is 9.48 Å². The van der Waals surface area contributed by atoms with Crippen molar-refractivity contribution in [1.82, 2.24) is 20.0 Å². The van der Waals surface area contributed by atoms with Crippen LogP contribution < -0.4 is 5.32 Å². The predicted octanol–water partition coefficient (Wildman–Crippen LogP) is 3.26. The van der Waals surface area contributed by atoms with E-state index in [0.29, 0.717) is 24.2 Å². The van der Waals surface area contributed by atoms with Crippen molar-refractivity contribution in [3.63, 3.8) is 0 Å². The third-order valence-corrected chi connectivity index (χ3v) is 5.35. The molecule has 0 saturated carbocycles. The Morgan fingerprint density at radius 2 is 2.30 bits per heavy atom. The molecule has 6 nitrogen and oxygen atoms in total. The van der Waals surface area contributed by atoms with E-state index < -0.39 is 0 Å². The molecule has 3 rings (SSSR count). The lowest BCUT2D eigenvalue weighted by Gasteiger charge is -2.25. The van der Waals surface area contributed by atoms with E-state index in [9.17, 15) is 4.79 Å². The molecule has 1 amide bonds. The molecule has 148 valence electrons. The molecule has 0 saturated heterocycles. The van der Waals surface area contributed by atoms with E-state index in [1.165, 1.54) is 12.1 Å². The van der Waals surface area contributed by atoms with Crippen LogP contribution >= 0.6 is 0 Å². The molecule has 1 aliphatic rings. The van der Waals surface area contributed by atoms with E-state index in [-0.39, 0.29) is 5.91 Å². The maximum Gasteiger partial charge on any atom is 0.274 e. The van der Waals surface area contributed by atoms with Gasteiger partial charge in [0.25, 0.3) is 5.91 Å². The molecule has 0 radical (unpaired) electrons. The lowest BCUT2D eigenvalue weighted by atomic mass is 9.91. The number of furan rings is 1. The van der Waals surface area contributed by atoms with Gasteiger partial charge in [0, 0.05) is 43.0 Å². The number of aryl methyl sites for hydroxylation is 1. The van der Waals surface area contributed by atoms with Gasteiger partial charge in [0.15, 0.2) is 5.69 Å². The van der Waals surface area contributed by atoms with Crippen molar-refractivity contribution in [2.45, 2.75) is 65.6 Å². The fraction of sp³-hybridized carbons (Fsp3) is 0.619. The highest BCUT2D eigenvalue weighted by Crippen LogP contribution is 2.26. The summed E-state index contributed by atoms with van der Waals surface area (Å²) < 4.78 is 7.13. The van der Waals surface area contributed by atoms with Gasteiger partial charge in [0.05, 0.1) is 12.5 Å². The molecule has 2 aromatic rings. The van der Waals surface area contributed by atoms with E-state index in [0.717, 1.165) is 43.5 Å². The summed E-state index contributed by atoms with van der Waals surface area (Å²) >= 11 is 0. The van der Waals surface area contributed by atoms with Gasteiger partial charge < -0.3 is 14.6 Å². The summed E-state index contributed by atoms with van der Waals surface area (Å²) in [5.74, 6) is 0.690. The van der Waals surface area contributed by atoms with Gasteiger partial charge in [0.2, 0.25) is 0 Å². The number of hydrogen-bond donors (Lipinski definition) is 1. The Bertz CT molecular complexity index is 749. The Morgan fingerprint density at radius 3 is 2.96 bits per heavy atom. The van der Waals surface area contributed by atoms with Gasteiger partial charge >= 0.3 is 0 Å². The van der Waals surface area contributed by atoms with Crippen LogP contribution in [0.3, 0.4) is 0 Å². The quantitative estimate of drug-likeness (QED) is 0.772. The lowest BCUT2D eigenvalue weighted by Crippen LogP contribution is -2.36. The zero-order valence-electron chi connectivity index (χ0n) is 17.0. The zero-order chi connectivity index (χ0) is 19.4. The Hall–Kier alpha value is -2.08. The SMILES string of the molecule is CCn1nc(C(=O)N(C)Cc2ccoc2)c2c1CCC(NCCC(C)C)C2. The third-order valence-electron chi connectivity index (χ3n) is 5.35. The van der Waals surface area contributed by atoms with Crippen molar-refractivity contribution in [3.05, 3.63) is 41.1 Å². The Kier molecular flexibility index (Phi) is 6.37. The number of nitrogens with zero attached hydrogens (tertiary/aromatic N) is 3. The molecule has 0 bridgehead atoms. The number of aromatic nitrogens is 2. The van der Waals surface area contributed by atoms with E-state index in [1.54, 1.807) is 17.4 Å². The first-order valence-electron chi connectivity index (χ1n) is 10.1. The minimum atomic E-state index is -0.0116. The van der Waals surface area contributed by atoms with Crippen LogP contribution in [0.1, 0.15) is 60.9 Å². The van der Waals surface area contributed by atoms with E-state index >= 15 is 0 Å². The molecule has 1 atom stereocenters. The summed E-state index contributed by atoms with van der Waals surface area (Å²) in [4.78, 5) is 14.8. The number of carbonyl (C=O) groups excluding carboxylic acids is 1. The van der Waals surface area contributed by atoms with Gasteiger partial charge in [-0.2, -0.15) is 5.10 Å². The highest BCUT2D eigenvalue weighted by atomic mass is 16.3. The lowest BCUT2D eigenvalue weighted by molar-refractivity contribution is 0.0777. The molecular weight excluding hydrogens is 340 g/mol. The minimum Gasteiger partial charge on any atom is -0.472 e. The van der Waals surface area contributed by atoms with Crippen LogP contribution in [-0.4, -0.2) is 40.2 Å². The first kappa shape index (κ1) is 19.7. The van der Waals surface area contributed by atoms with Crippen LogP contribution in [-0.2, 0) is 25.9 Å². The number of fused-ring (bicyclic) bond motifs is 1. The summed E-state index contributed by atoms with van der Waals surface area (Å²) in [5.41, 5.74) is 3.98. The standard InChI is InChI=1S/C21H32N4O2/c1-5-25-19-7-6-17(22-10-8-15(2)3)12-18(19)20(23-25)21(26)24(4)13-16-9-11-27-14-16/h9,11,14-15,17,22H,5-8,10,12-13H2,1-4H3. The second-order valence-electron chi connectivity index (χ2n) is 7.96. The summed E-state index contributed by atoms with van der Waals surface area (Å²) in [6, 6.07) is 2.31. The van der Waals surface area contributed by atoms with Crippen LogP contribution in [0.5, 0.6) is 0 Å². The maximum absolute atomic E-state index is 13.1. The fourth-order valence-corrected chi connectivity index (χ4v) is 3.78. The molecule has 2 heterocycles. The molecule has 1 N–H and O–H groups in total. The second kappa shape index (κ2) is 8.74. The highest BCUT2D eigenvalue weighted by molar-refractivity contribution is 5.94.